The van der Waals surface area contributed by atoms with E-state index in [4.69, 9.17) is 4.74 Å². The van der Waals surface area contributed by atoms with Gasteiger partial charge in [-0.2, -0.15) is 5.10 Å². The Morgan fingerprint density at radius 2 is 2.15 bits per heavy atom. The number of nitrogens with zero attached hydrogens (tertiary/aromatic N) is 4. The fourth-order valence-electron chi connectivity index (χ4n) is 2.33. The molecule has 0 bridgehead atoms. The van der Waals surface area contributed by atoms with Crippen LogP contribution in [0.2, 0.25) is 0 Å². The highest BCUT2D eigenvalue weighted by Gasteiger charge is 2.14. The first-order valence-electron chi connectivity index (χ1n) is 8.27. The Labute approximate surface area is 165 Å². The summed E-state index contributed by atoms with van der Waals surface area (Å²) in [5.41, 5.74) is 3.47. The Balaban J connectivity index is 1.61. The van der Waals surface area contributed by atoms with Crippen molar-refractivity contribution < 1.29 is 9.53 Å². The lowest BCUT2D eigenvalue weighted by molar-refractivity contribution is -0.118. The summed E-state index contributed by atoms with van der Waals surface area (Å²) in [7, 11) is 1.63. The minimum atomic E-state index is -0.190. The molecule has 0 aliphatic heterocycles. The summed E-state index contributed by atoms with van der Waals surface area (Å²) < 4.78 is 7.17. The van der Waals surface area contributed by atoms with Gasteiger partial charge in [0.2, 0.25) is 0 Å². The van der Waals surface area contributed by atoms with Crippen LogP contribution in [-0.2, 0) is 11.3 Å². The second-order valence-corrected chi connectivity index (χ2v) is 7.30. The number of carbonyl (C=O) groups is 1. The zero-order chi connectivity index (χ0) is 19.1. The van der Waals surface area contributed by atoms with Gasteiger partial charge in [-0.1, -0.05) is 17.8 Å². The summed E-state index contributed by atoms with van der Waals surface area (Å²) in [4.78, 5) is 13.0. The van der Waals surface area contributed by atoms with Crippen LogP contribution < -0.4 is 10.2 Å². The van der Waals surface area contributed by atoms with Crippen molar-refractivity contribution in [1.82, 2.24) is 20.2 Å². The molecule has 0 radical (unpaired) electrons. The van der Waals surface area contributed by atoms with Gasteiger partial charge in [0, 0.05) is 17.0 Å². The molecule has 3 rings (SSSR count). The van der Waals surface area contributed by atoms with E-state index in [1.807, 2.05) is 53.3 Å². The molecule has 0 aliphatic rings. The third kappa shape index (κ3) is 4.95. The minimum absolute atomic E-state index is 0.190. The molecule has 2 heterocycles. The molecule has 1 aromatic carbocycles. The predicted molar refractivity (Wildman–Crippen MR) is 108 cm³/mol. The fourth-order valence-corrected chi connectivity index (χ4v) is 3.71. The van der Waals surface area contributed by atoms with E-state index in [2.05, 4.69) is 20.7 Å². The van der Waals surface area contributed by atoms with Crippen LogP contribution in [0.3, 0.4) is 0 Å². The van der Waals surface area contributed by atoms with E-state index in [1.165, 1.54) is 11.8 Å². The lowest BCUT2D eigenvalue weighted by atomic mass is 10.2. The number of thioether (sulfide) groups is 1. The van der Waals surface area contributed by atoms with Crippen LogP contribution in [0.4, 0.5) is 0 Å². The first-order valence-corrected chi connectivity index (χ1v) is 10.1. The number of rotatable bonds is 8. The molecular formula is C18H19N5O2S2. The Hall–Kier alpha value is -2.65. The van der Waals surface area contributed by atoms with E-state index in [0.29, 0.717) is 11.7 Å². The molecule has 0 fully saturated rings. The highest BCUT2D eigenvalue weighted by atomic mass is 32.2. The van der Waals surface area contributed by atoms with Crippen molar-refractivity contribution >= 4 is 35.2 Å². The van der Waals surface area contributed by atoms with Gasteiger partial charge in [0.1, 0.15) is 5.75 Å². The van der Waals surface area contributed by atoms with E-state index < -0.39 is 0 Å². The Bertz CT molecular complexity index is 904. The Kier molecular flexibility index (Phi) is 6.61. The molecule has 27 heavy (non-hydrogen) atoms. The molecule has 9 heteroatoms. The molecule has 0 spiro atoms. The smallest absolute Gasteiger partial charge is 0.250 e. The number of nitrogens with one attached hydrogen (secondary N) is 1. The SMILES string of the molecule is CCn1c(SCC(=O)N/N=C\c2cccs2)nnc1-c1ccc(OC)cc1. The third-order valence-corrected chi connectivity index (χ3v) is 5.41. The number of thiophene rings is 1. The second kappa shape index (κ2) is 9.33. The van der Waals surface area contributed by atoms with Crippen LogP contribution in [0.1, 0.15) is 11.8 Å². The van der Waals surface area contributed by atoms with Crippen molar-refractivity contribution in [3.63, 3.8) is 0 Å². The molecular weight excluding hydrogens is 382 g/mol. The maximum Gasteiger partial charge on any atom is 0.250 e. The van der Waals surface area contributed by atoms with E-state index in [0.717, 1.165) is 22.0 Å². The van der Waals surface area contributed by atoms with Crippen LogP contribution >= 0.6 is 23.1 Å². The minimum Gasteiger partial charge on any atom is -0.497 e. The first-order chi connectivity index (χ1) is 13.2. The predicted octanol–water partition coefficient (Wildman–Crippen LogP) is 3.28. The lowest BCUT2D eigenvalue weighted by Gasteiger charge is -2.07. The summed E-state index contributed by atoms with van der Waals surface area (Å²) in [5.74, 6) is 1.57. The zero-order valence-electron chi connectivity index (χ0n) is 15.0. The highest BCUT2D eigenvalue weighted by molar-refractivity contribution is 7.99. The van der Waals surface area contributed by atoms with Gasteiger partial charge in [-0.05, 0) is 42.6 Å². The molecule has 0 saturated carbocycles. The molecule has 3 aromatic rings. The largest absolute Gasteiger partial charge is 0.497 e. The number of amides is 1. The molecule has 2 aromatic heterocycles. The standard InChI is InChI=1S/C18H19N5O2S2/c1-3-23-17(13-6-8-14(25-2)9-7-13)21-22-18(23)27-12-16(24)20-19-11-15-5-4-10-26-15/h4-11H,3,12H2,1-2H3,(H,20,24)/b19-11-. The van der Waals surface area contributed by atoms with E-state index in [9.17, 15) is 4.79 Å². The maximum atomic E-state index is 12.0. The van der Waals surface area contributed by atoms with E-state index in [1.54, 1.807) is 24.7 Å². The summed E-state index contributed by atoms with van der Waals surface area (Å²) in [5, 5.41) is 15.1. The van der Waals surface area contributed by atoms with Gasteiger partial charge in [-0.15, -0.1) is 21.5 Å². The number of ether oxygens (including phenoxy) is 1. The van der Waals surface area contributed by atoms with Crippen molar-refractivity contribution in [2.75, 3.05) is 12.9 Å². The third-order valence-electron chi connectivity index (χ3n) is 3.64. The molecule has 0 atom stereocenters. The number of hydrogen-bond donors (Lipinski definition) is 1. The number of aromatic nitrogens is 3. The molecule has 7 nitrogen and oxygen atoms in total. The van der Waals surface area contributed by atoms with Gasteiger partial charge in [0.15, 0.2) is 11.0 Å². The average Bonchev–Trinajstić information content (AvgIpc) is 3.36. The van der Waals surface area contributed by atoms with Gasteiger partial charge in [-0.3, -0.25) is 4.79 Å². The average molecular weight is 402 g/mol. The fraction of sp³-hybridized carbons (Fsp3) is 0.222. The Morgan fingerprint density at radius 3 is 2.81 bits per heavy atom. The van der Waals surface area contributed by atoms with Gasteiger partial charge >= 0.3 is 0 Å². The number of methoxy groups -OCH3 is 1. The van der Waals surface area contributed by atoms with Crippen LogP contribution in [0.25, 0.3) is 11.4 Å². The second-order valence-electron chi connectivity index (χ2n) is 5.38. The normalized spacial score (nSPS) is 11.0. The molecule has 140 valence electrons. The van der Waals surface area contributed by atoms with Crippen molar-refractivity contribution in [2.45, 2.75) is 18.6 Å². The van der Waals surface area contributed by atoms with Gasteiger partial charge in [-0.25, -0.2) is 5.43 Å². The van der Waals surface area contributed by atoms with Crippen molar-refractivity contribution in [2.24, 2.45) is 5.10 Å². The van der Waals surface area contributed by atoms with Gasteiger partial charge in [0.25, 0.3) is 5.91 Å². The topological polar surface area (TPSA) is 81.4 Å². The molecule has 1 amide bonds. The Morgan fingerprint density at radius 1 is 1.33 bits per heavy atom. The number of benzene rings is 1. The monoisotopic (exact) mass is 401 g/mol. The van der Waals surface area contributed by atoms with Crippen LogP contribution in [-0.4, -0.2) is 39.7 Å². The molecule has 0 aliphatic carbocycles. The number of hydrogen-bond acceptors (Lipinski definition) is 7. The molecule has 1 N–H and O–H groups in total. The summed E-state index contributed by atoms with van der Waals surface area (Å²) in [6, 6.07) is 11.5. The highest BCUT2D eigenvalue weighted by Crippen LogP contribution is 2.25. The molecule has 0 unspecified atom stereocenters. The summed E-state index contributed by atoms with van der Waals surface area (Å²) in [6.07, 6.45) is 1.63. The van der Waals surface area contributed by atoms with Gasteiger partial charge in [0.05, 0.1) is 19.1 Å². The zero-order valence-corrected chi connectivity index (χ0v) is 16.6. The first kappa shape index (κ1) is 19.1. The maximum absolute atomic E-state index is 12.0. The van der Waals surface area contributed by atoms with Gasteiger partial charge < -0.3 is 9.30 Å². The lowest BCUT2D eigenvalue weighted by Crippen LogP contribution is -2.19. The van der Waals surface area contributed by atoms with Crippen LogP contribution in [0.5, 0.6) is 5.75 Å². The van der Waals surface area contributed by atoms with Crippen molar-refractivity contribution in [1.29, 1.82) is 0 Å². The van der Waals surface area contributed by atoms with Crippen molar-refractivity contribution in [3.05, 3.63) is 46.7 Å². The van der Waals surface area contributed by atoms with Crippen LogP contribution in [0, 0.1) is 0 Å². The summed E-state index contributed by atoms with van der Waals surface area (Å²) in [6.45, 7) is 2.72. The van der Waals surface area contributed by atoms with Crippen LogP contribution in [0.15, 0.2) is 52.0 Å². The van der Waals surface area contributed by atoms with E-state index in [-0.39, 0.29) is 11.7 Å². The number of carbonyl (C=O) groups excluding carboxylic acids is 1. The van der Waals surface area contributed by atoms with Crippen molar-refractivity contribution in [3.8, 4) is 17.1 Å². The number of hydrazone groups is 1. The summed E-state index contributed by atoms with van der Waals surface area (Å²) >= 11 is 2.89. The van der Waals surface area contributed by atoms with E-state index >= 15 is 0 Å². The quantitative estimate of drug-likeness (QED) is 0.356. The molecule has 0 saturated heterocycles.